The summed E-state index contributed by atoms with van der Waals surface area (Å²) in [5, 5.41) is 11.5. The van der Waals surface area contributed by atoms with E-state index in [1.165, 1.54) is 5.56 Å². The Balaban J connectivity index is 1.73. The average molecular weight is 371 g/mol. The molecule has 2 atom stereocenters. The smallest absolute Gasteiger partial charge is 0.316 e. The fraction of sp³-hybridized carbons (Fsp3) is 0.389. The van der Waals surface area contributed by atoms with Gasteiger partial charge in [-0.1, -0.05) is 42.1 Å². The lowest BCUT2D eigenvalue weighted by atomic mass is 9.92. The molecule has 0 aliphatic carbocycles. The molecule has 0 bridgehead atoms. The van der Waals surface area contributed by atoms with Crippen LogP contribution in [0.3, 0.4) is 0 Å². The van der Waals surface area contributed by atoms with Crippen LogP contribution in [0.25, 0.3) is 0 Å². The lowest BCUT2D eigenvalue weighted by Crippen LogP contribution is -2.41. The number of H-pyrrole nitrogens is 1. The van der Waals surface area contributed by atoms with Crippen LogP contribution in [0.2, 0.25) is 0 Å². The number of nitrogens with one attached hydrogen (secondary N) is 2. The quantitative estimate of drug-likeness (QED) is 0.804. The van der Waals surface area contributed by atoms with Gasteiger partial charge < -0.3 is 10.1 Å². The van der Waals surface area contributed by atoms with E-state index in [1.54, 1.807) is 11.8 Å². The zero-order chi connectivity index (χ0) is 18.1. The number of anilines is 1. The second-order valence-corrected chi connectivity index (χ2v) is 7.05. The SMILES string of the molecule is CCOC(=O)C1CN(Cc2ccccc2)C2N=C(SC)Nc3n[nH]c1c32. The van der Waals surface area contributed by atoms with Crippen molar-refractivity contribution < 1.29 is 9.53 Å². The summed E-state index contributed by atoms with van der Waals surface area (Å²) in [6.45, 7) is 3.43. The van der Waals surface area contributed by atoms with Crippen molar-refractivity contribution in [2.24, 2.45) is 4.99 Å². The van der Waals surface area contributed by atoms with Gasteiger partial charge in [-0.25, -0.2) is 4.99 Å². The molecule has 2 aliphatic rings. The molecule has 0 spiro atoms. The molecule has 1 aromatic carbocycles. The molecule has 0 radical (unpaired) electrons. The molecule has 2 aliphatic heterocycles. The predicted octanol–water partition coefficient (Wildman–Crippen LogP) is 2.72. The number of aromatic nitrogens is 2. The van der Waals surface area contributed by atoms with Crippen LogP contribution in [0, 0.1) is 0 Å². The third-order valence-corrected chi connectivity index (χ3v) is 5.26. The van der Waals surface area contributed by atoms with Crippen molar-refractivity contribution in [1.29, 1.82) is 0 Å². The van der Waals surface area contributed by atoms with Crippen molar-refractivity contribution in [2.75, 3.05) is 24.7 Å². The van der Waals surface area contributed by atoms with Crippen molar-refractivity contribution in [2.45, 2.75) is 25.6 Å². The number of esters is 1. The Morgan fingerprint density at radius 1 is 1.38 bits per heavy atom. The van der Waals surface area contributed by atoms with Crippen molar-refractivity contribution in [3.05, 3.63) is 47.2 Å². The van der Waals surface area contributed by atoms with Gasteiger partial charge in [-0.2, -0.15) is 5.10 Å². The summed E-state index contributed by atoms with van der Waals surface area (Å²) in [7, 11) is 0. The molecule has 0 saturated heterocycles. The predicted molar refractivity (Wildman–Crippen MR) is 102 cm³/mol. The number of hydrogen-bond donors (Lipinski definition) is 2. The molecular formula is C18H21N5O2S. The molecule has 0 saturated carbocycles. The first-order chi connectivity index (χ1) is 12.7. The molecule has 136 valence electrons. The molecular weight excluding hydrogens is 350 g/mol. The van der Waals surface area contributed by atoms with Crippen molar-refractivity contribution in [3.8, 4) is 0 Å². The number of ether oxygens (including phenoxy) is 1. The zero-order valence-corrected chi connectivity index (χ0v) is 15.5. The van der Waals surface area contributed by atoms with Gasteiger partial charge in [-0.3, -0.25) is 14.8 Å². The van der Waals surface area contributed by atoms with Crippen molar-refractivity contribution >= 4 is 28.7 Å². The summed E-state index contributed by atoms with van der Waals surface area (Å²) >= 11 is 1.55. The molecule has 7 nitrogen and oxygen atoms in total. The van der Waals surface area contributed by atoms with E-state index >= 15 is 0 Å². The number of aliphatic imine (C=N–C) groups is 1. The third kappa shape index (κ3) is 2.99. The van der Waals surface area contributed by atoms with Crippen LogP contribution in [-0.2, 0) is 16.1 Å². The summed E-state index contributed by atoms with van der Waals surface area (Å²) in [5.41, 5.74) is 2.94. The van der Waals surface area contributed by atoms with Gasteiger partial charge in [0.15, 0.2) is 11.0 Å². The number of carbonyl (C=O) groups excluding carboxylic acids is 1. The van der Waals surface area contributed by atoms with Gasteiger partial charge >= 0.3 is 5.97 Å². The van der Waals surface area contributed by atoms with Gasteiger partial charge in [-0.15, -0.1) is 0 Å². The number of aromatic amines is 1. The van der Waals surface area contributed by atoms with E-state index < -0.39 is 0 Å². The summed E-state index contributed by atoms with van der Waals surface area (Å²) < 4.78 is 5.30. The molecule has 2 N–H and O–H groups in total. The number of hydrogen-bond acceptors (Lipinski definition) is 7. The zero-order valence-electron chi connectivity index (χ0n) is 14.7. The van der Waals surface area contributed by atoms with E-state index in [1.807, 2.05) is 31.4 Å². The largest absolute Gasteiger partial charge is 0.465 e. The molecule has 0 amide bonds. The second kappa shape index (κ2) is 7.13. The first-order valence-electron chi connectivity index (χ1n) is 8.62. The van der Waals surface area contributed by atoms with E-state index in [9.17, 15) is 4.79 Å². The first-order valence-corrected chi connectivity index (χ1v) is 9.85. The maximum absolute atomic E-state index is 12.5. The van der Waals surface area contributed by atoms with Gasteiger partial charge in [0, 0.05) is 13.1 Å². The number of nitrogens with zero attached hydrogens (tertiary/aromatic N) is 3. The van der Waals surface area contributed by atoms with Crippen LogP contribution >= 0.6 is 11.8 Å². The highest BCUT2D eigenvalue weighted by Gasteiger charge is 2.42. The second-order valence-electron chi connectivity index (χ2n) is 6.26. The summed E-state index contributed by atoms with van der Waals surface area (Å²) in [6.07, 6.45) is 1.82. The van der Waals surface area contributed by atoms with E-state index in [2.05, 4.69) is 32.5 Å². The maximum Gasteiger partial charge on any atom is 0.316 e. The van der Waals surface area contributed by atoms with Crippen LogP contribution in [0.4, 0.5) is 5.82 Å². The van der Waals surface area contributed by atoms with Gasteiger partial charge in [0.1, 0.15) is 12.1 Å². The number of thioether (sulfide) groups is 1. The molecule has 0 fully saturated rings. The third-order valence-electron chi connectivity index (χ3n) is 4.66. The summed E-state index contributed by atoms with van der Waals surface area (Å²) in [4.78, 5) is 19.6. The Labute approximate surface area is 156 Å². The van der Waals surface area contributed by atoms with Crippen LogP contribution in [0.15, 0.2) is 35.3 Å². The highest BCUT2D eigenvalue weighted by molar-refractivity contribution is 8.13. The minimum absolute atomic E-state index is 0.159. The minimum atomic E-state index is -0.390. The Hall–Kier alpha value is -2.32. The van der Waals surface area contributed by atoms with Crippen molar-refractivity contribution in [3.63, 3.8) is 0 Å². The van der Waals surface area contributed by atoms with Gasteiger partial charge in [0.05, 0.1) is 17.9 Å². The minimum Gasteiger partial charge on any atom is -0.465 e. The van der Waals surface area contributed by atoms with Gasteiger partial charge in [0.25, 0.3) is 0 Å². The molecule has 4 rings (SSSR count). The monoisotopic (exact) mass is 371 g/mol. The Morgan fingerprint density at radius 2 is 2.19 bits per heavy atom. The Morgan fingerprint density at radius 3 is 2.92 bits per heavy atom. The lowest BCUT2D eigenvalue weighted by molar-refractivity contribution is -0.146. The van der Waals surface area contributed by atoms with Crippen LogP contribution < -0.4 is 5.32 Å². The molecule has 3 heterocycles. The van der Waals surface area contributed by atoms with Gasteiger partial charge in [0.2, 0.25) is 0 Å². The first kappa shape index (κ1) is 17.1. The lowest BCUT2D eigenvalue weighted by Gasteiger charge is -2.38. The highest BCUT2D eigenvalue weighted by atomic mass is 32.2. The van der Waals surface area contributed by atoms with E-state index in [0.29, 0.717) is 19.7 Å². The average Bonchev–Trinajstić information content (AvgIpc) is 3.09. The molecule has 8 heteroatoms. The Bertz CT molecular complexity index is 835. The summed E-state index contributed by atoms with van der Waals surface area (Å²) in [5.74, 6) is 0.130. The Kier molecular flexibility index (Phi) is 4.69. The number of amidine groups is 1. The van der Waals surface area contributed by atoms with E-state index in [4.69, 9.17) is 9.73 Å². The normalized spacial score (nSPS) is 21.5. The summed E-state index contributed by atoms with van der Waals surface area (Å²) in [6, 6.07) is 10.2. The number of rotatable bonds is 4. The highest BCUT2D eigenvalue weighted by Crippen LogP contribution is 2.43. The maximum atomic E-state index is 12.5. The van der Waals surface area contributed by atoms with E-state index in [0.717, 1.165) is 22.2 Å². The van der Waals surface area contributed by atoms with E-state index in [-0.39, 0.29) is 18.1 Å². The fourth-order valence-corrected chi connectivity index (χ4v) is 3.90. The van der Waals surface area contributed by atoms with Crippen molar-refractivity contribution in [1.82, 2.24) is 15.1 Å². The fourth-order valence-electron chi connectivity index (χ4n) is 3.49. The number of carbonyl (C=O) groups is 1. The molecule has 2 aromatic rings. The molecule has 2 unspecified atom stereocenters. The van der Waals surface area contributed by atoms with Crippen LogP contribution in [0.5, 0.6) is 0 Å². The molecule has 1 aromatic heterocycles. The standard InChI is InChI=1S/C18H21N5O2S/c1-3-25-17(24)12-10-23(9-11-7-5-4-6-8-11)16-13-14(12)21-22-15(13)19-18(20-16)26-2/h4-8,12,16H,3,9-10H2,1-2H3,(H2,19,20,21,22). The molecule has 26 heavy (non-hydrogen) atoms. The van der Waals surface area contributed by atoms with Crippen LogP contribution in [-0.4, -0.2) is 45.6 Å². The van der Waals surface area contributed by atoms with Gasteiger partial charge in [-0.05, 0) is 18.7 Å². The topological polar surface area (TPSA) is 82.6 Å². The number of benzene rings is 1. The van der Waals surface area contributed by atoms with Crippen LogP contribution in [0.1, 0.15) is 35.8 Å².